The predicted molar refractivity (Wildman–Crippen MR) is 119 cm³/mol. The fourth-order valence-electron chi connectivity index (χ4n) is 2.85. The van der Waals surface area contributed by atoms with E-state index in [0.717, 1.165) is 21.8 Å². The molecule has 0 unspecified atom stereocenters. The van der Waals surface area contributed by atoms with Gasteiger partial charge in [0.15, 0.2) is 0 Å². The van der Waals surface area contributed by atoms with Crippen LogP contribution in [0.25, 0.3) is 0 Å². The molecule has 158 valence electrons. The van der Waals surface area contributed by atoms with Crippen LogP contribution < -0.4 is 10.6 Å². The fraction of sp³-hybridized carbons (Fsp3) is 0.500. The van der Waals surface area contributed by atoms with Crippen LogP contribution in [-0.4, -0.2) is 34.9 Å². The van der Waals surface area contributed by atoms with Crippen LogP contribution in [-0.2, 0) is 6.54 Å². The monoisotopic (exact) mass is 416 g/mol. The van der Waals surface area contributed by atoms with Gasteiger partial charge in [-0.25, -0.2) is 9.78 Å². The normalized spacial score (nSPS) is 11.0. The average molecular weight is 417 g/mol. The molecule has 0 atom stereocenters. The maximum absolute atomic E-state index is 12.9. The second kappa shape index (κ2) is 10.4. The molecule has 0 aliphatic carbocycles. The van der Waals surface area contributed by atoms with Crippen LogP contribution in [0.3, 0.4) is 0 Å². The zero-order valence-electron chi connectivity index (χ0n) is 18.2. The molecular weight excluding hydrogens is 384 g/mol. The molecule has 0 spiro atoms. The third kappa shape index (κ3) is 7.16. The van der Waals surface area contributed by atoms with Crippen molar-refractivity contribution in [2.75, 3.05) is 18.4 Å². The van der Waals surface area contributed by atoms with Crippen LogP contribution in [0, 0.1) is 25.7 Å². The van der Waals surface area contributed by atoms with Gasteiger partial charge in [0.25, 0.3) is 5.91 Å². The lowest BCUT2D eigenvalue weighted by molar-refractivity contribution is 0.0944. The molecule has 1 aromatic carbocycles. The van der Waals surface area contributed by atoms with Gasteiger partial charge in [0.05, 0.1) is 6.54 Å². The summed E-state index contributed by atoms with van der Waals surface area (Å²) < 4.78 is 0. The Bertz CT molecular complexity index is 845. The van der Waals surface area contributed by atoms with Crippen LogP contribution in [0.15, 0.2) is 23.6 Å². The van der Waals surface area contributed by atoms with Crippen molar-refractivity contribution in [1.29, 1.82) is 0 Å². The topological polar surface area (TPSA) is 74.3 Å². The molecule has 2 rings (SSSR count). The third-order valence-electron chi connectivity index (χ3n) is 4.28. The number of aryl methyl sites for hydroxylation is 2. The summed E-state index contributed by atoms with van der Waals surface area (Å²) in [5.41, 5.74) is 3.40. The SMILES string of the molecule is Cc1ccc(NC(=O)N(Cc2nc(C(=O)NCC(C)C)cs2)CC(C)C)c(C)c1. The third-order valence-corrected chi connectivity index (χ3v) is 5.11. The summed E-state index contributed by atoms with van der Waals surface area (Å²) in [5.74, 6) is 0.525. The van der Waals surface area contributed by atoms with E-state index in [2.05, 4.69) is 29.5 Å². The summed E-state index contributed by atoms with van der Waals surface area (Å²) in [6, 6.07) is 5.80. The lowest BCUT2D eigenvalue weighted by Crippen LogP contribution is -2.37. The molecule has 0 aliphatic heterocycles. The number of hydrogen-bond acceptors (Lipinski definition) is 4. The van der Waals surface area contributed by atoms with Gasteiger partial charge in [-0.3, -0.25) is 4.79 Å². The lowest BCUT2D eigenvalue weighted by Gasteiger charge is -2.24. The van der Waals surface area contributed by atoms with Crippen molar-refractivity contribution < 1.29 is 9.59 Å². The summed E-state index contributed by atoms with van der Waals surface area (Å²) in [4.78, 5) is 31.3. The Morgan fingerprint density at radius 3 is 2.48 bits per heavy atom. The molecule has 2 aromatic rings. The number of rotatable bonds is 8. The number of hydrogen-bond donors (Lipinski definition) is 2. The van der Waals surface area contributed by atoms with Gasteiger partial charge in [-0.05, 0) is 37.3 Å². The minimum atomic E-state index is -0.170. The Kier molecular flexibility index (Phi) is 8.20. The molecule has 0 aliphatic rings. The Balaban J connectivity index is 2.08. The maximum atomic E-state index is 12.9. The second-order valence-electron chi connectivity index (χ2n) is 8.25. The molecule has 0 fully saturated rings. The number of thiazole rings is 1. The number of amides is 3. The quantitative estimate of drug-likeness (QED) is 0.647. The van der Waals surface area contributed by atoms with E-state index in [-0.39, 0.29) is 11.9 Å². The van der Waals surface area contributed by atoms with Crippen LogP contribution in [0.5, 0.6) is 0 Å². The molecular formula is C22H32N4O2S. The maximum Gasteiger partial charge on any atom is 0.322 e. The van der Waals surface area contributed by atoms with Gasteiger partial charge in [0.2, 0.25) is 0 Å². The number of carbonyl (C=O) groups excluding carboxylic acids is 2. The molecule has 0 bridgehead atoms. The highest BCUT2D eigenvalue weighted by molar-refractivity contribution is 7.09. The second-order valence-corrected chi connectivity index (χ2v) is 9.20. The summed E-state index contributed by atoms with van der Waals surface area (Å²) in [6.45, 7) is 13.8. The highest BCUT2D eigenvalue weighted by atomic mass is 32.1. The summed E-state index contributed by atoms with van der Waals surface area (Å²) in [6.07, 6.45) is 0. The van der Waals surface area contributed by atoms with E-state index in [1.807, 2.05) is 45.9 Å². The van der Waals surface area contributed by atoms with Crippen molar-refractivity contribution in [3.8, 4) is 0 Å². The van der Waals surface area contributed by atoms with Crippen LogP contribution in [0.2, 0.25) is 0 Å². The van der Waals surface area contributed by atoms with E-state index in [1.54, 1.807) is 10.3 Å². The number of nitrogens with one attached hydrogen (secondary N) is 2. The first kappa shape index (κ1) is 22.9. The van der Waals surface area contributed by atoms with Crippen LogP contribution in [0.4, 0.5) is 10.5 Å². The summed E-state index contributed by atoms with van der Waals surface area (Å²) >= 11 is 1.40. The standard InChI is InChI=1S/C22H32N4O2S/c1-14(2)10-23-21(27)19-13-29-20(24-19)12-26(11-15(3)4)22(28)25-18-8-7-16(5)9-17(18)6/h7-9,13-15H,10-12H2,1-6H3,(H,23,27)(H,25,28). The van der Waals surface area contributed by atoms with Crippen molar-refractivity contribution in [3.63, 3.8) is 0 Å². The first-order valence-electron chi connectivity index (χ1n) is 10.0. The molecule has 0 radical (unpaired) electrons. The van der Waals surface area contributed by atoms with Gasteiger partial charge in [0, 0.05) is 24.2 Å². The molecule has 0 saturated heterocycles. The van der Waals surface area contributed by atoms with E-state index in [1.165, 1.54) is 11.3 Å². The van der Waals surface area contributed by atoms with E-state index in [4.69, 9.17) is 0 Å². The highest BCUT2D eigenvalue weighted by Gasteiger charge is 2.19. The van der Waals surface area contributed by atoms with Gasteiger partial charge >= 0.3 is 6.03 Å². The Hall–Kier alpha value is -2.41. The smallest absolute Gasteiger partial charge is 0.322 e. The van der Waals surface area contributed by atoms with Crippen molar-refractivity contribution in [3.05, 3.63) is 45.4 Å². The number of aromatic nitrogens is 1. The predicted octanol–water partition coefficient (Wildman–Crippen LogP) is 4.84. The van der Waals surface area contributed by atoms with Gasteiger partial charge in [-0.1, -0.05) is 45.4 Å². The van der Waals surface area contributed by atoms with E-state index >= 15 is 0 Å². The van der Waals surface area contributed by atoms with Crippen molar-refractivity contribution in [1.82, 2.24) is 15.2 Å². The van der Waals surface area contributed by atoms with Gasteiger partial charge in [-0.2, -0.15) is 0 Å². The van der Waals surface area contributed by atoms with E-state index in [9.17, 15) is 9.59 Å². The van der Waals surface area contributed by atoms with Crippen molar-refractivity contribution >= 4 is 29.0 Å². The van der Waals surface area contributed by atoms with E-state index < -0.39 is 0 Å². The molecule has 0 saturated carbocycles. The Labute approximate surface area is 177 Å². The molecule has 6 nitrogen and oxygen atoms in total. The minimum absolute atomic E-state index is 0.160. The fourth-order valence-corrected chi connectivity index (χ4v) is 3.64. The molecule has 1 aromatic heterocycles. The molecule has 7 heteroatoms. The van der Waals surface area contributed by atoms with E-state index in [0.29, 0.717) is 37.2 Å². The number of benzene rings is 1. The first-order valence-corrected chi connectivity index (χ1v) is 10.9. The molecule has 29 heavy (non-hydrogen) atoms. The highest BCUT2D eigenvalue weighted by Crippen LogP contribution is 2.19. The average Bonchev–Trinajstić information content (AvgIpc) is 3.09. The van der Waals surface area contributed by atoms with Gasteiger partial charge < -0.3 is 15.5 Å². The summed E-state index contributed by atoms with van der Waals surface area (Å²) in [5, 5.41) is 8.38. The summed E-state index contributed by atoms with van der Waals surface area (Å²) in [7, 11) is 0. The zero-order valence-corrected chi connectivity index (χ0v) is 19.0. The molecule has 3 amide bonds. The molecule has 2 N–H and O–H groups in total. The zero-order chi connectivity index (χ0) is 21.6. The number of nitrogens with zero attached hydrogens (tertiary/aromatic N) is 2. The minimum Gasteiger partial charge on any atom is -0.350 e. The van der Waals surface area contributed by atoms with Crippen molar-refractivity contribution in [2.24, 2.45) is 11.8 Å². The molecule has 1 heterocycles. The Morgan fingerprint density at radius 2 is 1.86 bits per heavy atom. The number of anilines is 1. The van der Waals surface area contributed by atoms with Gasteiger partial charge in [0.1, 0.15) is 10.7 Å². The largest absolute Gasteiger partial charge is 0.350 e. The number of urea groups is 1. The van der Waals surface area contributed by atoms with Crippen LogP contribution in [0.1, 0.15) is 54.3 Å². The first-order chi connectivity index (χ1) is 13.7. The van der Waals surface area contributed by atoms with Crippen LogP contribution >= 0.6 is 11.3 Å². The van der Waals surface area contributed by atoms with Gasteiger partial charge in [-0.15, -0.1) is 11.3 Å². The number of carbonyl (C=O) groups is 2. The Morgan fingerprint density at radius 1 is 1.14 bits per heavy atom. The van der Waals surface area contributed by atoms with Crippen molar-refractivity contribution in [2.45, 2.75) is 48.1 Å². The lowest BCUT2D eigenvalue weighted by atomic mass is 10.1.